The Balaban J connectivity index is 2.86. The molecule has 0 aromatic rings. The standard InChI is InChI=1S/C15H29NO3/c1-5-8-12-9-6-7-10-13(11-17)16(12)14(18)19-15(2,3)4/h12-13,17H,5-11H2,1-4H3/t12-,13-/m1/s1. The number of aliphatic hydroxyl groups is 1. The number of hydrogen-bond donors (Lipinski definition) is 1. The molecule has 1 aliphatic rings. The van der Waals surface area contributed by atoms with E-state index in [9.17, 15) is 9.90 Å². The van der Waals surface area contributed by atoms with E-state index in [-0.39, 0.29) is 24.8 Å². The number of carbonyl (C=O) groups excluding carboxylic acids is 1. The van der Waals surface area contributed by atoms with Crippen LogP contribution in [-0.4, -0.2) is 40.4 Å². The van der Waals surface area contributed by atoms with Gasteiger partial charge in [-0.05, 0) is 40.0 Å². The Hall–Kier alpha value is -0.770. The van der Waals surface area contributed by atoms with Gasteiger partial charge in [0.1, 0.15) is 5.60 Å². The van der Waals surface area contributed by atoms with E-state index >= 15 is 0 Å². The molecule has 0 aromatic heterocycles. The first kappa shape index (κ1) is 16.3. The molecular formula is C15H29NO3. The molecule has 0 radical (unpaired) electrons. The van der Waals surface area contributed by atoms with Crippen LogP contribution in [0.1, 0.15) is 66.2 Å². The van der Waals surface area contributed by atoms with Gasteiger partial charge in [-0.25, -0.2) is 4.79 Å². The van der Waals surface area contributed by atoms with Gasteiger partial charge < -0.3 is 9.84 Å². The van der Waals surface area contributed by atoms with Crippen LogP contribution in [0.25, 0.3) is 0 Å². The van der Waals surface area contributed by atoms with Crippen LogP contribution in [0.2, 0.25) is 0 Å². The number of aliphatic hydroxyl groups excluding tert-OH is 1. The van der Waals surface area contributed by atoms with Crippen molar-refractivity contribution in [3.05, 3.63) is 0 Å². The van der Waals surface area contributed by atoms with Crippen LogP contribution in [0.4, 0.5) is 4.79 Å². The minimum Gasteiger partial charge on any atom is -0.444 e. The van der Waals surface area contributed by atoms with Gasteiger partial charge in [-0.15, -0.1) is 0 Å². The summed E-state index contributed by atoms with van der Waals surface area (Å²) >= 11 is 0. The molecule has 0 bridgehead atoms. The van der Waals surface area contributed by atoms with Crippen molar-refractivity contribution in [2.75, 3.05) is 6.61 Å². The molecule has 19 heavy (non-hydrogen) atoms. The second kappa shape index (κ2) is 7.13. The van der Waals surface area contributed by atoms with Crippen LogP contribution < -0.4 is 0 Å². The number of nitrogens with zero attached hydrogens (tertiary/aromatic N) is 1. The number of amides is 1. The zero-order valence-corrected chi connectivity index (χ0v) is 12.8. The molecule has 0 aromatic carbocycles. The van der Waals surface area contributed by atoms with Gasteiger partial charge in [0, 0.05) is 6.04 Å². The predicted molar refractivity (Wildman–Crippen MR) is 76.1 cm³/mol. The maximum Gasteiger partial charge on any atom is 0.410 e. The molecule has 0 aliphatic carbocycles. The molecule has 1 amide bonds. The van der Waals surface area contributed by atoms with Crippen LogP contribution in [-0.2, 0) is 4.74 Å². The lowest BCUT2D eigenvalue weighted by atomic mass is 10.1. The lowest BCUT2D eigenvalue weighted by Gasteiger charge is -2.36. The fourth-order valence-electron chi connectivity index (χ4n) is 2.74. The summed E-state index contributed by atoms with van der Waals surface area (Å²) in [6.45, 7) is 7.80. The SMILES string of the molecule is CCC[C@@H]1CCCC[C@H](CO)N1C(=O)OC(C)(C)C. The zero-order chi connectivity index (χ0) is 14.5. The Bertz CT molecular complexity index is 286. The molecule has 1 saturated heterocycles. The first-order valence-electron chi connectivity index (χ1n) is 7.51. The summed E-state index contributed by atoms with van der Waals surface area (Å²) in [5, 5.41) is 9.57. The molecular weight excluding hydrogens is 242 g/mol. The third kappa shape index (κ3) is 5.01. The van der Waals surface area contributed by atoms with E-state index in [1.165, 1.54) is 0 Å². The second-order valence-corrected chi connectivity index (χ2v) is 6.45. The molecule has 0 unspecified atom stereocenters. The highest BCUT2D eigenvalue weighted by Gasteiger charge is 2.34. The molecule has 1 rings (SSSR count). The van der Waals surface area contributed by atoms with Crippen LogP contribution in [0.3, 0.4) is 0 Å². The summed E-state index contributed by atoms with van der Waals surface area (Å²) in [6, 6.07) is 0.119. The Morgan fingerprint density at radius 3 is 2.32 bits per heavy atom. The third-order valence-electron chi connectivity index (χ3n) is 3.55. The Labute approximate surface area is 117 Å². The van der Waals surface area contributed by atoms with Gasteiger partial charge in [-0.1, -0.05) is 26.2 Å². The van der Waals surface area contributed by atoms with Gasteiger partial charge in [-0.3, -0.25) is 4.90 Å². The van der Waals surface area contributed by atoms with Crippen LogP contribution in [0.15, 0.2) is 0 Å². The monoisotopic (exact) mass is 271 g/mol. The van der Waals surface area contributed by atoms with Gasteiger partial charge in [0.05, 0.1) is 12.6 Å². The zero-order valence-electron chi connectivity index (χ0n) is 12.8. The lowest BCUT2D eigenvalue weighted by molar-refractivity contribution is -0.00351. The summed E-state index contributed by atoms with van der Waals surface area (Å²) in [5.41, 5.74) is -0.486. The molecule has 112 valence electrons. The van der Waals surface area contributed by atoms with E-state index in [1.807, 2.05) is 25.7 Å². The molecule has 1 aliphatic heterocycles. The van der Waals surface area contributed by atoms with Gasteiger partial charge in [0.15, 0.2) is 0 Å². The highest BCUT2D eigenvalue weighted by atomic mass is 16.6. The van der Waals surface area contributed by atoms with Crippen LogP contribution in [0, 0.1) is 0 Å². The third-order valence-corrected chi connectivity index (χ3v) is 3.55. The topological polar surface area (TPSA) is 49.8 Å². The maximum atomic E-state index is 12.4. The first-order chi connectivity index (χ1) is 8.89. The van der Waals surface area contributed by atoms with Gasteiger partial charge >= 0.3 is 6.09 Å². The summed E-state index contributed by atoms with van der Waals surface area (Å²) in [7, 11) is 0. The lowest BCUT2D eigenvalue weighted by Crippen LogP contribution is -2.49. The fraction of sp³-hybridized carbons (Fsp3) is 0.933. The van der Waals surface area contributed by atoms with E-state index in [4.69, 9.17) is 4.74 Å². The maximum absolute atomic E-state index is 12.4. The minimum atomic E-state index is -0.486. The van der Waals surface area contributed by atoms with E-state index < -0.39 is 5.60 Å². The van der Waals surface area contributed by atoms with E-state index in [2.05, 4.69) is 6.92 Å². The van der Waals surface area contributed by atoms with Crippen molar-refractivity contribution in [3.8, 4) is 0 Å². The van der Waals surface area contributed by atoms with Crippen molar-refractivity contribution in [3.63, 3.8) is 0 Å². The summed E-state index contributed by atoms with van der Waals surface area (Å²) in [6.07, 6.45) is 5.84. The fourth-order valence-corrected chi connectivity index (χ4v) is 2.74. The van der Waals surface area contributed by atoms with Crippen molar-refractivity contribution in [2.24, 2.45) is 0 Å². The molecule has 2 atom stereocenters. The molecule has 4 nitrogen and oxygen atoms in total. The molecule has 1 fully saturated rings. The first-order valence-corrected chi connectivity index (χ1v) is 7.51. The Morgan fingerprint density at radius 1 is 1.26 bits per heavy atom. The van der Waals surface area contributed by atoms with Gasteiger partial charge in [-0.2, -0.15) is 0 Å². The van der Waals surface area contributed by atoms with Crippen molar-refractivity contribution < 1.29 is 14.6 Å². The largest absolute Gasteiger partial charge is 0.444 e. The smallest absolute Gasteiger partial charge is 0.410 e. The number of hydrogen-bond acceptors (Lipinski definition) is 3. The number of ether oxygens (including phenoxy) is 1. The van der Waals surface area contributed by atoms with Crippen molar-refractivity contribution in [1.29, 1.82) is 0 Å². The van der Waals surface area contributed by atoms with E-state index in [1.54, 1.807) is 0 Å². The van der Waals surface area contributed by atoms with Crippen molar-refractivity contribution >= 4 is 6.09 Å². The average Bonchev–Trinajstić information content (AvgIpc) is 2.49. The van der Waals surface area contributed by atoms with E-state index in [0.29, 0.717) is 0 Å². The molecule has 4 heteroatoms. The number of likely N-dealkylation sites (tertiary alicyclic amines) is 1. The predicted octanol–water partition coefficient (Wildman–Crippen LogP) is 3.33. The Kier molecular flexibility index (Phi) is 6.11. The highest BCUT2D eigenvalue weighted by molar-refractivity contribution is 5.69. The Morgan fingerprint density at radius 2 is 1.84 bits per heavy atom. The van der Waals surface area contributed by atoms with Gasteiger partial charge in [0.25, 0.3) is 0 Å². The highest BCUT2D eigenvalue weighted by Crippen LogP contribution is 2.26. The summed E-state index contributed by atoms with van der Waals surface area (Å²) in [5.74, 6) is 0. The van der Waals surface area contributed by atoms with Crippen molar-refractivity contribution in [2.45, 2.75) is 83.9 Å². The summed E-state index contributed by atoms with van der Waals surface area (Å²) in [4.78, 5) is 14.2. The van der Waals surface area contributed by atoms with E-state index in [0.717, 1.165) is 38.5 Å². The molecule has 0 saturated carbocycles. The number of carbonyl (C=O) groups is 1. The second-order valence-electron chi connectivity index (χ2n) is 6.45. The van der Waals surface area contributed by atoms with Crippen LogP contribution >= 0.6 is 0 Å². The van der Waals surface area contributed by atoms with Gasteiger partial charge in [0.2, 0.25) is 0 Å². The molecule has 0 spiro atoms. The molecule has 1 N–H and O–H groups in total. The number of rotatable bonds is 3. The normalized spacial score (nSPS) is 25.0. The quantitative estimate of drug-likeness (QED) is 0.856. The summed E-state index contributed by atoms with van der Waals surface area (Å²) < 4.78 is 5.52. The van der Waals surface area contributed by atoms with Crippen LogP contribution in [0.5, 0.6) is 0 Å². The van der Waals surface area contributed by atoms with Crippen molar-refractivity contribution in [1.82, 2.24) is 4.90 Å². The minimum absolute atomic E-state index is 0.0272. The molecule has 1 heterocycles. The average molecular weight is 271 g/mol.